The summed E-state index contributed by atoms with van der Waals surface area (Å²) in [6, 6.07) is 3.63. The van der Waals surface area contributed by atoms with Gasteiger partial charge in [-0.05, 0) is 24.1 Å². The Labute approximate surface area is 126 Å². The van der Waals surface area contributed by atoms with E-state index in [4.69, 9.17) is 0 Å². The molecule has 0 bridgehead atoms. The molecule has 0 aliphatic carbocycles. The van der Waals surface area contributed by atoms with Crippen molar-refractivity contribution in [3.8, 4) is 11.4 Å². The van der Waals surface area contributed by atoms with Crippen LogP contribution in [0.25, 0.3) is 11.4 Å². The lowest BCUT2D eigenvalue weighted by molar-refractivity contribution is -0.116. The highest BCUT2D eigenvalue weighted by atomic mass is 16.1. The Morgan fingerprint density at radius 2 is 2.14 bits per heavy atom. The topological polar surface area (TPSA) is 101 Å². The molecule has 3 aromatic heterocycles. The fourth-order valence-corrected chi connectivity index (χ4v) is 2.01. The van der Waals surface area contributed by atoms with Crippen molar-refractivity contribution in [2.45, 2.75) is 12.8 Å². The van der Waals surface area contributed by atoms with Gasteiger partial charge >= 0.3 is 0 Å². The minimum absolute atomic E-state index is 0.124. The normalized spacial score (nSPS) is 10.6. The molecule has 0 radical (unpaired) electrons. The molecular weight excluding hydrogens is 282 g/mol. The summed E-state index contributed by atoms with van der Waals surface area (Å²) in [7, 11) is 1.85. The van der Waals surface area contributed by atoms with E-state index < -0.39 is 0 Å². The maximum absolute atomic E-state index is 11.9. The minimum Gasteiger partial charge on any atom is -0.307 e. The first-order valence-electron chi connectivity index (χ1n) is 6.81. The first-order chi connectivity index (χ1) is 10.7. The molecule has 2 N–H and O–H groups in total. The van der Waals surface area contributed by atoms with Crippen LogP contribution in [0.4, 0.5) is 5.95 Å². The summed E-state index contributed by atoms with van der Waals surface area (Å²) >= 11 is 0. The summed E-state index contributed by atoms with van der Waals surface area (Å²) in [5.74, 6) is 0.800. The first kappa shape index (κ1) is 13.9. The molecule has 8 nitrogen and oxygen atoms in total. The molecule has 1 amide bonds. The summed E-state index contributed by atoms with van der Waals surface area (Å²) in [6.45, 7) is 0. The molecule has 0 spiro atoms. The van der Waals surface area contributed by atoms with E-state index in [1.54, 1.807) is 23.3 Å². The Morgan fingerprint density at radius 3 is 2.86 bits per heavy atom. The second kappa shape index (κ2) is 6.17. The predicted octanol–water partition coefficient (Wildman–Crippen LogP) is 1.17. The molecule has 22 heavy (non-hydrogen) atoms. The smallest absolute Gasteiger partial charge is 0.228 e. The van der Waals surface area contributed by atoms with Crippen molar-refractivity contribution in [2.75, 3.05) is 5.32 Å². The molecule has 0 saturated heterocycles. The minimum atomic E-state index is -0.124. The zero-order valence-electron chi connectivity index (χ0n) is 12.0. The van der Waals surface area contributed by atoms with Crippen molar-refractivity contribution in [3.05, 3.63) is 42.5 Å². The van der Waals surface area contributed by atoms with Gasteiger partial charge in [-0.15, -0.1) is 10.2 Å². The van der Waals surface area contributed by atoms with Crippen LogP contribution in [0.1, 0.15) is 12.0 Å². The van der Waals surface area contributed by atoms with Crippen LogP contribution in [0.15, 0.2) is 36.9 Å². The van der Waals surface area contributed by atoms with Crippen LogP contribution in [-0.2, 0) is 18.3 Å². The van der Waals surface area contributed by atoms with Gasteiger partial charge in [0.2, 0.25) is 11.9 Å². The molecule has 0 saturated carbocycles. The Morgan fingerprint density at radius 1 is 1.32 bits per heavy atom. The Balaban J connectivity index is 1.57. The van der Waals surface area contributed by atoms with Gasteiger partial charge in [0.1, 0.15) is 0 Å². The van der Waals surface area contributed by atoms with Crippen molar-refractivity contribution in [3.63, 3.8) is 0 Å². The number of pyridine rings is 1. The monoisotopic (exact) mass is 297 g/mol. The lowest BCUT2D eigenvalue weighted by Crippen LogP contribution is -2.13. The highest BCUT2D eigenvalue weighted by molar-refractivity contribution is 5.89. The van der Waals surface area contributed by atoms with E-state index in [9.17, 15) is 4.79 Å². The quantitative estimate of drug-likeness (QED) is 0.736. The molecule has 112 valence electrons. The van der Waals surface area contributed by atoms with Crippen molar-refractivity contribution in [1.82, 2.24) is 29.9 Å². The number of rotatable bonds is 5. The molecule has 0 aliphatic rings. The van der Waals surface area contributed by atoms with Crippen LogP contribution in [-0.4, -0.2) is 35.9 Å². The van der Waals surface area contributed by atoms with Gasteiger partial charge in [0.15, 0.2) is 5.82 Å². The van der Waals surface area contributed by atoms with E-state index in [0.717, 1.165) is 11.1 Å². The number of hydrogen-bond donors (Lipinski definition) is 2. The summed E-state index contributed by atoms with van der Waals surface area (Å²) in [6.07, 6.45) is 7.97. The SMILES string of the molecule is Cn1cc(CCC(=O)Nc2nnc(-c3ccncc3)[nH]2)cn1. The van der Waals surface area contributed by atoms with E-state index in [-0.39, 0.29) is 5.91 Å². The first-order valence-corrected chi connectivity index (χ1v) is 6.81. The maximum Gasteiger partial charge on any atom is 0.228 e. The Kier molecular flexibility index (Phi) is 3.90. The average Bonchev–Trinajstić information content (AvgIpc) is 3.15. The standard InChI is InChI=1S/C14H15N7O/c1-21-9-10(8-16-21)2-3-12(22)17-14-18-13(19-20-14)11-4-6-15-7-5-11/h4-9H,2-3H2,1H3,(H2,17,18,19,20,22). The van der Waals surface area contributed by atoms with Crippen molar-refractivity contribution < 1.29 is 4.79 Å². The Hall–Kier alpha value is -3.03. The number of aryl methyl sites for hydroxylation is 2. The van der Waals surface area contributed by atoms with E-state index in [1.165, 1.54) is 0 Å². The van der Waals surface area contributed by atoms with Gasteiger partial charge in [0, 0.05) is 37.6 Å². The van der Waals surface area contributed by atoms with Crippen molar-refractivity contribution >= 4 is 11.9 Å². The molecule has 3 heterocycles. The summed E-state index contributed by atoms with van der Waals surface area (Å²) in [5.41, 5.74) is 1.88. The number of hydrogen-bond acceptors (Lipinski definition) is 5. The molecular formula is C14H15N7O. The zero-order valence-corrected chi connectivity index (χ0v) is 12.0. The molecule has 0 fully saturated rings. The van der Waals surface area contributed by atoms with Gasteiger partial charge in [-0.25, -0.2) is 0 Å². The number of aromatic nitrogens is 6. The predicted molar refractivity (Wildman–Crippen MR) is 79.8 cm³/mol. The van der Waals surface area contributed by atoms with E-state index in [1.807, 2.05) is 25.4 Å². The van der Waals surface area contributed by atoms with Crippen LogP contribution in [0.5, 0.6) is 0 Å². The molecule has 0 aromatic carbocycles. The number of anilines is 1. The highest BCUT2D eigenvalue weighted by Gasteiger charge is 2.09. The molecule has 8 heteroatoms. The molecule has 3 aromatic rings. The van der Waals surface area contributed by atoms with Gasteiger partial charge in [0.05, 0.1) is 6.20 Å². The van der Waals surface area contributed by atoms with Crippen LogP contribution >= 0.6 is 0 Å². The van der Waals surface area contributed by atoms with Gasteiger partial charge in [0.25, 0.3) is 0 Å². The Bertz CT molecular complexity index is 762. The number of nitrogens with one attached hydrogen (secondary N) is 2. The van der Waals surface area contributed by atoms with Gasteiger partial charge < -0.3 is 4.98 Å². The summed E-state index contributed by atoms with van der Waals surface area (Å²) in [4.78, 5) is 18.8. The van der Waals surface area contributed by atoms with Gasteiger partial charge in [-0.2, -0.15) is 5.10 Å². The molecule has 0 atom stereocenters. The van der Waals surface area contributed by atoms with Crippen LogP contribution in [0.3, 0.4) is 0 Å². The summed E-state index contributed by atoms with van der Waals surface area (Å²) < 4.78 is 1.71. The largest absolute Gasteiger partial charge is 0.307 e. The molecule has 3 rings (SSSR count). The van der Waals surface area contributed by atoms with Gasteiger partial charge in [-0.1, -0.05) is 0 Å². The van der Waals surface area contributed by atoms with Crippen LogP contribution in [0.2, 0.25) is 0 Å². The average molecular weight is 297 g/mol. The number of aromatic amines is 1. The third-order valence-electron chi connectivity index (χ3n) is 3.10. The van der Waals surface area contributed by atoms with E-state index >= 15 is 0 Å². The number of amides is 1. The van der Waals surface area contributed by atoms with E-state index in [0.29, 0.717) is 24.6 Å². The van der Waals surface area contributed by atoms with Crippen LogP contribution < -0.4 is 5.32 Å². The second-order valence-corrected chi connectivity index (χ2v) is 4.83. The van der Waals surface area contributed by atoms with E-state index in [2.05, 4.69) is 30.6 Å². The zero-order chi connectivity index (χ0) is 15.4. The number of nitrogens with zero attached hydrogens (tertiary/aromatic N) is 5. The number of H-pyrrole nitrogens is 1. The maximum atomic E-state index is 11.9. The fourth-order valence-electron chi connectivity index (χ4n) is 2.01. The lowest BCUT2D eigenvalue weighted by Gasteiger charge is -2.00. The van der Waals surface area contributed by atoms with Gasteiger partial charge in [-0.3, -0.25) is 19.8 Å². The van der Waals surface area contributed by atoms with Crippen molar-refractivity contribution in [2.24, 2.45) is 7.05 Å². The highest BCUT2D eigenvalue weighted by Crippen LogP contribution is 2.14. The number of carbonyl (C=O) groups excluding carboxylic acids is 1. The number of carbonyl (C=O) groups is 1. The third-order valence-corrected chi connectivity index (χ3v) is 3.10. The van der Waals surface area contributed by atoms with Crippen LogP contribution in [0, 0.1) is 0 Å². The lowest BCUT2D eigenvalue weighted by atomic mass is 10.2. The summed E-state index contributed by atoms with van der Waals surface area (Å²) in [5, 5.41) is 14.7. The molecule has 0 unspecified atom stereocenters. The third kappa shape index (κ3) is 3.35. The second-order valence-electron chi connectivity index (χ2n) is 4.83. The molecule has 0 aliphatic heterocycles. The fraction of sp³-hybridized carbons (Fsp3) is 0.214. The van der Waals surface area contributed by atoms with Crippen molar-refractivity contribution in [1.29, 1.82) is 0 Å².